The number of nitrogens with two attached hydrogens (primary N) is 1. The molecule has 2 aromatic rings. The number of piperidine rings is 1. The first kappa shape index (κ1) is 38.3. The Morgan fingerprint density at radius 1 is 1.00 bits per heavy atom. The van der Waals surface area contributed by atoms with Crippen LogP contribution in [0.15, 0.2) is 42.5 Å². The monoisotopic (exact) mass is 667 g/mol. The van der Waals surface area contributed by atoms with Crippen LogP contribution in [0.5, 0.6) is 17.2 Å². The second kappa shape index (κ2) is 19.0. The number of hydrogen-bond acceptors (Lipinski definition) is 9. The first-order valence-corrected chi connectivity index (χ1v) is 17.0. The van der Waals surface area contributed by atoms with E-state index < -0.39 is 35.2 Å². The minimum absolute atomic E-state index is 0.155. The summed E-state index contributed by atoms with van der Waals surface area (Å²) in [6.07, 6.45) is 5.33. The Balaban J connectivity index is 1.80. The van der Waals surface area contributed by atoms with Crippen molar-refractivity contribution < 1.29 is 38.1 Å². The second-order valence-electron chi connectivity index (χ2n) is 12.8. The Hall–Kier alpha value is -4.12. The highest BCUT2D eigenvalue weighted by Gasteiger charge is 2.41. The molecule has 1 aliphatic rings. The van der Waals surface area contributed by atoms with Gasteiger partial charge in [0.1, 0.15) is 17.9 Å². The highest BCUT2D eigenvalue weighted by Crippen LogP contribution is 2.32. The summed E-state index contributed by atoms with van der Waals surface area (Å²) in [4.78, 5) is 54.1. The van der Waals surface area contributed by atoms with Crippen molar-refractivity contribution in [3.05, 3.63) is 53.6 Å². The Bertz CT molecular complexity index is 1380. The van der Waals surface area contributed by atoms with E-state index in [1.165, 1.54) is 4.90 Å². The number of Topliss-reactive ketones (excluding diaryl/α,β-unsaturated/α-hetero) is 1. The van der Waals surface area contributed by atoms with Gasteiger partial charge in [-0.2, -0.15) is 0 Å². The summed E-state index contributed by atoms with van der Waals surface area (Å²) >= 11 is 0. The van der Waals surface area contributed by atoms with Crippen LogP contribution >= 0.6 is 0 Å². The molecule has 0 radical (unpaired) electrons. The van der Waals surface area contributed by atoms with Gasteiger partial charge < -0.3 is 34.9 Å². The SMILES string of the molecule is CCC(C)(C)C(=O)C(=O)N1CCCC[C@H]1C(=O)O[C@H](CCc1ccc(OC)c(OC)c1)c1cccc(OCC(=O)NCCCCCN)c1. The number of ether oxygens (including phenoxy) is 4. The molecule has 1 fully saturated rings. The molecule has 0 bridgehead atoms. The third-order valence-corrected chi connectivity index (χ3v) is 8.93. The number of methoxy groups -OCH3 is 2. The molecule has 2 aromatic carbocycles. The van der Waals surface area contributed by atoms with Gasteiger partial charge in [-0.05, 0) is 93.3 Å². The summed E-state index contributed by atoms with van der Waals surface area (Å²) in [6, 6.07) is 11.9. The topological polar surface area (TPSA) is 146 Å². The summed E-state index contributed by atoms with van der Waals surface area (Å²) in [5.74, 6) is -0.267. The number of nitrogens with one attached hydrogen (secondary N) is 1. The highest BCUT2D eigenvalue weighted by atomic mass is 16.5. The van der Waals surface area contributed by atoms with Crippen LogP contribution in [-0.2, 0) is 30.3 Å². The minimum atomic E-state index is -0.862. The fourth-order valence-electron chi connectivity index (χ4n) is 5.52. The zero-order valence-corrected chi connectivity index (χ0v) is 29.2. The quantitative estimate of drug-likeness (QED) is 0.121. The van der Waals surface area contributed by atoms with Gasteiger partial charge >= 0.3 is 5.97 Å². The van der Waals surface area contributed by atoms with E-state index in [9.17, 15) is 19.2 Å². The molecule has 2 atom stereocenters. The molecule has 0 unspecified atom stereocenters. The number of hydrogen-bond donors (Lipinski definition) is 2. The van der Waals surface area contributed by atoms with Crippen molar-refractivity contribution in [2.75, 3.05) is 40.5 Å². The normalized spacial score (nSPS) is 15.3. The average Bonchev–Trinajstić information content (AvgIpc) is 3.11. The Morgan fingerprint density at radius 2 is 1.77 bits per heavy atom. The lowest BCUT2D eigenvalue weighted by atomic mass is 9.84. The van der Waals surface area contributed by atoms with E-state index in [0.29, 0.717) is 74.6 Å². The number of ketones is 1. The fraction of sp³-hybridized carbons (Fsp3) is 0.568. The molecule has 2 amide bonds. The molecular weight excluding hydrogens is 614 g/mol. The maximum absolute atomic E-state index is 13.8. The zero-order valence-electron chi connectivity index (χ0n) is 29.2. The zero-order chi connectivity index (χ0) is 35.1. The second-order valence-corrected chi connectivity index (χ2v) is 12.8. The van der Waals surface area contributed by atoms with Crippen molar-refractivity contribution in [1.82, 2.24) is 10.2 Å². The molecule has 48 heavy (non-hydrogen) atoms. The average molecular weight is 668 g/mol. The molecular formula is C37H53N3O8. The van der Waals surface area contributed by atoms with Gasteiger partial charge in [-0.3, -0.25) is 14.4 Å². The molecule has 11 nitrogen and oxygen atoms in total. The molecule has 0 aromatic heterocycles. The largest absolute Gasteiger partial charge is 0.493 e. The van der Waals surface area contributed by atoms with Crippen molar-refractivity contribution in [2.24, 2.45) is 11.1 Å². The fourth-order valence-corrected chi connectivity index (χ4v) is 5.52. The molecule has 1 heterocycles. The van der Waals surface area contributed by atoms with Gasteiger partial charge in [0.15, 0.2) is 18.1 Å². The van der Waals surface area contributed by atoms with E-state index in [1.807, 2.05) is 31.2 Å². The summed E-state index contributed by atoms with van der Waals surface area (Å²) in [5, 5.41) is 2.85. The molecule has 264 valence electrons. The highest BCUT2D eigenvalue weighted by molar-refractivity contribution is 6.38. The van der Waals surface area contributed by atoms with Crippen LogP contribution in [0.25, 0.3) is 0 Å². The number of carbonyl (C=O) groups is 4. The first-order chi connectivity index (χ1) is 23.0. The minimum Gasteiger partial charge on any atom is -0.493 e. The van der Waals surface area contributed by atoms with Crippen molar-refractivity contribution in [3.8, 4) is 17.2 Å². The predicted molar refractivity (Wildman–Crippen MR) is 183 cm³/mol. The number of carbonyl (C=O) groups excluding carboxylic acids is 4. The molecule has 0 saturated carbocycles. The van der Waals surface area contributed by atoms with Crippen molar-refractivity contribution >= 4 is 23.6 Å². The van der Waals surface area contributed by atoms with Crippen molar-refractivity contribution in [2.45, 2.75) is 90.7 Å². The molecule has 3 rings (SSSR count). The molecule has 0 aliphatic carbocycles. The smallest absolute Gasteiger partial charge is 0.329 e. The van der Waals surface area contributed by atoms with Crippen LogP contribution in [0.4, 0.5) is 0 Å². The van der Waals surface area contributed by atoms with E-state index >= 15 is 0 Å². The number of esters is 1. The van der Waals surface area contributed by atoms with Crippen LogP contribution in [-0.4, -0.2) is 75.0 Å². The molecule has 11 heteroatoms. The van der Waals surface area contributed by atoms with Crippen LogP contribution in [0, 0.1) is 5.41 Å². The predicted octanol–water partition coefficient (Wildman–Crippen LogP) is 4.93. The maximum Gasteiger partial charge on any atom is 0.329 e. The molecule has 3 N–H and O–H groups in total. The number of rotatable bonds is 19. The number of aryl methyl sites for hydroxylation is 1. The van der Waals surface area contributed by atoms with Gasteiger partial charge in [0.2, 0.25) is 5.78 Å². The van der Waals surface area contributed by atoms with Crippen LogP contribution in [0.1, 0.15) is 89.4 Å². The van der Waals surface area contributed by atoms with Gasteiger partial charge in [0, 0.05) is 18.5 Å². The van der Waals surface area contributed by atoms with Crippen molar-refractivity contribution in [1.29, 1.82) is 0 Å². The molecule has 1 saturated heterocycles. The number of nitrogens with zero attached hydrogens (tertiary/aromatic N) is 1. The first-order valence-electron chi connectivity index (χ1n) is 17.0. The van der Waals surface area contributed by atoms with Gasteiger partial charge in [-0.15, -0.1) is 0 Å². The van der Waals surface area contributed by atoms with E-state index in [1.54, 1.807) is 46.3 Å². The van der Waals surface area contributed by atoms with Gasteiger partial charge in [0.05, 0.1) is 14.2 Å². The Morgan fingerprint density at radius 3 is 2.48 bits per heavy atom. The van der Waals surface area contributed by atoms with Crippen LogP contribution in [0.3, 0.4) is 0 Å². The van der Waals surface area contributed by atoms with E-state index in [-0.39, 0.29) is 12.5 Å². The van der Waals surface area contributed by atoms with Crippen LogP contribution in [0.2, 0.25) is 0 Å². The van der Waals surface area contributed by atoms with Gasteiger partial charge in [0.25, 0.3) is 11.8 Å². The maximum atomic E-state index is 13.8. The lowest BCUT2D eigenvalue weighted by Crippen LogP contribution is -2.53. The number of amides is 2. The van der Waals surface area contributed by atoms with Crippen molar-refractivity contribution in [3.63, 3.8) is 0 Å². The number of benzene rings is 2. The van der Waals surface area contributed by atoms with Gasteiger partial charge in [-0.1, -0.05) is 45.4 Å². The third-order valence-electron chi connectivity index (χ3n) is 8.93. The number of likely N-dealkylation sites (tertiary alicyclic amines) is 1. The lowest BCUT2D eigenvalue weighted by Gasteiger charge is -2.36. The molecule has 1 aliphatic heterocycles. The van der Waals surface area contributed by atoms with E-state index in [2.05, 4.69) is 5.32 Å². The molecule has 0 spiro atoms. The third kappa shape index (κ3) is 11.0. The summed E-state index contributed by atoms with van der Waals surface area (Å²) in [5.41, 5.74) is 6.33. The summed E-state index contributed by atoms with van der Waals surface area (Å²) < 4.78 is 22.8. The van der Waals surface area contributed by atoms with Gasteiger partial charge in [-0.25, -0.2) is 4.79 Å². The Kier molecular flexibility index (Phi) is 15.2. The standard InChI is InChI=1S/C37H53N3O8/c1-6-37(2,3)34(42)35(43)40-22-11-8-15-29(40)36(44)48-30(18-16-26-17-19-31(45-4)32(23-26)46-5)27-13-12-14-28(24-27)47-25-33(41)39-21-10-7-9-20-38/h12-14,17,19,23-24,29-30H,6-11,15-16,18,20-22,25,38H2,1-5H3,(H,39,41)/t29-,30+/m0/s1. The lowest BCUT2D eigenvalue weighted by molar-refractivity contribution is -0.164. The summed E-state index contributed by atoms with van der Waals surface area (Å²) in [6.45, 7) is 6.71. The van der Waals surface area contributed by atoms with E-state index in [0.717, 1.165) is 31.2 Å². The van der Waals surface area contributed by atoms with Crippen LogP contribution < -0.4 is 25.3 Å². The Labute approximate surface area is 284 Å². The summed E-state index contributed by atoms with van der Waals surface area (Å²) in [7, 11) is 3.15. The number of unbranched alkanes of at least 4 members (excludes halogenated alkanes) is 2. The van der Waals surface area contributed by atoms with E-state index in [4.69, 9.17) is 24.7 Å².